The molecule has 108 valence electrons. The van der Waals surface area contributed by atoms with Crippen LogP contribution in [0.2, 0.25) is 0 Å². The van der Waals surface area contributed by atoms with Crippen molar-refractivity contribution in [3.63, 3.8) is 0 Å². The van der Waals surface area contributed by atoms with Crippen LogP contribution in [0.4, 0.5) is 0 Å². The van der Waals surface area contributed by atoms with Gasteiger partial charge >= 0.3 is 0 Å². The Morgan fingerprint density at radius 3 is 2.68 bits per heavy atom. The number of carbonyl (C=O) groups is 2. The number of piperidine rings is 1. The number of nitrogens with zero attached hydrogens (tertiary/aromatic N) is 1. The Bertz CT molecular complexity index is 323. The molecule has 1 aliphatic heterocycles. The maximum absolute atomic E-state index is 11.9. The Morgan fingerprint density at radius 2 is 2.05 bits per heavy atom. The van der Waals surface area contributed by atoms with Crippen molar-refractivity contribution in [2.24, 2.45) is 0 Å². The summed E-state index contributed by atoms with van der Waals surface area (Å²) in [6.07, 6.45) is 7.24. The highest BCUT2D eigenvalue weighted by Gasteiger charge is 2.24. The van der Waals surface area contributed by atoms with Gasteiger partial charge in [-0.2, -0.15) is 0 Å². The van der Waals surface area contributed by atoms with Crippen LogP contribution < -0.4 is 10.6 Å². The second-order valence-electron chi connectivity index (χ2n) is 5.78. The molecular formula is C14H25N3O2. The lowest BCUT2D eigenvalue weighted by Crippen LogP contribution is -2.40. The topological polar surface area (TPSA) is 61.4 Å². The lowest BCUT2D eigenvalue weighted by molar-refractivity contribution is -0.134. The van der Waals surface area contributed by atoms with Gasteiger partial charge in [0.2, 0.25) is 11.8 Å². The van der Waals surface area contributed by atoms with Crippen molar-refractivity contribution in [1.82, 2.24) is 15.5 Å². The van der Waals surface area contributed by atoms with E-state index in [4.69, 9.17) is 0 Å². The van der Waals surface area contributed by atoms with Gasteiger partial charge in [0.05, 0.1) is 6.54 Å². The number of hydrogen-bond acceptors (Lipinski definition) is 3. The molecule has 1 aliphatic carbocycles. The fourth-order valence-electron chi connectivity index (χ4n) is 2.46. The van der Waals surface area contributed by atoms with Crippen molar-refractivity contribution >= 4 is 11.8 Å². The molecule has 2 amide bonds. The number of rotatable bonds is 6. The lowest BCUT2D eigenvalue weighted by Gasteiger charge is -2.24. The molecule has 0 aromatic heterocycles. The molecule has 0 radical (unpaired) electrons. The minimum atomic E-state index is -0.0332. The monoisotopic (exact) mass is 267 g/mol. The van der Waals surface area contributed by atoms with Crippen LogP contribution >= 0.6 is 0 Å². The number of likely N-dealkylation sites (N-methyl/N-ethyl adjacent to an activating group) is 1. The summed E-state index contributed by atoms with van der Waals surface area (Å²) in [5.74, 6) is 0.0347. The van der Waals surface area contributed by atoms with Gasteiger partial charge in [-0.3, -0.25) is 9.59 Å². The molecule has 19 heavy (non-hydrogen) atoms. The van der Waals surface area contributed by atoms with E-state index in [0.717, 1.165) is 25.8 Å². The Hall–Kier alpha value is -1.10. The molecule has 2 fully saturated rings. The van der Waals surface area contributed by atoms with E-state index in [-0.39, 0.29) is 18.4 Å². The van der Waals surface area contributed by atoms with Gasteiger partial charge in [0.25, 0.3) is 0 Å². The normalized spacial score (nSPS) is 22.9. The Kier molecular flexibility index (Phi) is 5.19. The van der Waals surface area contributed by atoms with E-state index >= 15 is 0 Å². The molecule has 1 heterocycles. The number of nitrogens with one attached hydrogen (secondary N) is 2. The molecular weight excluding hydrogens is 242 g/mol. The zero-order valence-electron chi connectivity index (χ0n) is 11.8. The van der Waals surface area contributed by atoms with Gasteiger partial charge in [0, 0.05) is 25.6 Å². The maximum Gasteiger partial charge on any atom is 0.239 e. The zero-order chi connectivity index (χ0) is 13.7. The summed E-state index contributed by atoms with van der Waals surface area (Å²) in [5.41, 5.74) is 0. The van der Waals surface area contributed by atoms with Crippen LogP contribution in [0, 0.1) is 0 Å². The lowest BCUT2D eigenvalue weighted by atomic mass is 10.0. The van der Waals surface area contributed by atoms with Crippen LogP contribution in [0.15, 0.2) is 0 Å². The van der Waals surface area contributed by atoms with E-state index in [9.17, 15) is 9.59 Å². The van der Waals surface area contributed by atoms with Crippen LogP contribution in [-0.4, -0.2) is 48.9 Å². The molecule has 2 aliphatic rings. The average molecular weight is 267 g/mol. The molecule has 5 heteroatoms. The first kappa shape index (κ1) is 14.3. The van der Waals surface area contributed by atoms with Crippen LogP contribution in [0.5, 0.6) is 0 Å². The number of amides is 2. The van der Waals surface area contributed by atoms with Crippen molar-refractivity contribution in [1.29, 1.82) is 0 Å². The Morgan fingerprint density at radius 1 is 1.26 bits per heavy atom. The predicted octanol–water partition coefficient (Wildman–Crippen LogP) is 0.646. The first-order valence-electron chi connectivity index (χ1n) is 7.42. The van der Waals surface area contributed by atoms with Crippen molar-refractivity contribution in [2.45, 2.75) is 57.0 Å². The zero-order valence-corrected chi connectivity index (χ0v) is 11.8. The summed E-state index contributed by atoms with van der Waals surface area (Å²) in [6.45, 7) is 1.26. The molecule has 0 spiro atoms. The van der Waals surface area contributed by atoms with E-state index < -0.39 is 0 Å². The van der Waals surface area contributed by atoms with Gasteiger partial charge in [-0.25, -0.2) is 0 Å². The molecule has 1 unspecified atom stereocenters. The third-order valence-electron chi connectivity index (χ3n) is 3.87. The molecule has 0 bridgehead atoms. The maximum atomic E-state index is 11.9. The van der Waals surface area contributed by atoms with E-state index in [0.29, 0.717) is 18.5 Å². The molecule has 1 saturated carbocycles. The summed E-state index contributed by atoms with van der Waals surface area (Å²) < 4.78 is 0. The minimum absolute atomic E-state index is 0.0332. The fraction of sp³-hybridized carbons (Fsp3) is 0.857. The second-order valence-corrected chi connectivity index (χ2v) is 5.78. The quantitative estimate of drug-likeness (QED) is 0.742. The van der Waals surface area contributed by atoms with Crippen molar-refractivity contribution < 1.29 is 9.59 Å². The molecule has 0 aromatic rings. The van der Waals surface area contributed by atoms with Crippen molar-refractivity contribution in [3.8, 4) is 0 Å². The molecule has 2 N–H and O–H groups in total. The molecule has 2 rings (SSSR count). The third-order valence-corrected chi connectivity index (χ3v) is 3.87. The third kappa shape index (κ3) is 5.19. The predicted molar refractivity (Wildman–Crippen MR) is 73.7 cm³/mol. The highest BCUT2D eigenvalue weighted by molar-refractivity contribution is 5.84. The van der Waals surface area contributed by atoms with Crippen LogP contribution in [0.1, 0.15) is 44.9 Å². The van der Waals surface area contributed by atoms with Crippen LogP contribution in [0.3, 0.4) is 0 Å². The van der Waals surface area contributed by atoms with E-state index in [1.54, 1.807) is 11.9 Å². The number of carbonyl (C=O) groups excluding carboxylic acids is 2. The molecule has 5 nitrogen and oxygen atoms in total. The molecule has 1 atom stereocenters. The largest absolute Gasteiger partial charge is 0.352 e. The van der Waals surface area contributed by atoms with Gasteiger partial charge in [-0.05, 0) is 38.6 Å². The fourth-order valence-corrected chi connectivity index (χ4v) is 2.46. The standard InChI is InChI=1S/C14H25N3O2/c1-17(10-13(18)16-12-5-6-12)14(19)8-7-11-4-2-3-9-15-11/h11-12,15H,2-10H2,1H3,(H,16,18). The summed E-state index contributed by atoms with van der Waals surface area (Å²) in [7, 11) is 1.71. The van der Waals surface area contributed by atoms with Gasteiger partial charge in [0.1, 0.15) is 0 Å². The summed E-state index contributed by atoms with van der Waals surface area (Å²) in [5, 5.41) is 6.34. The first-order valence-corrected chi connectivity index (χ1v) is 7.42. The summed E-state index contributed by atoms with van der Waals surface area (Å²) in [4.78, 5) is 25.1. The summed E-state index contributed by atoms with van der Waals surface area (Å²) >= 11 is 0. The van der Waals surface area contributed by atoms with Crippen LogP contribution in [-0.2, 0) is 9.59 Å². The Balaban J connectivity index is 1.61. The van der Waals surface area contributed by atoms with Gasteiger partial charge in [-0.15, -0.1) is 0 Å². The highest BCUT2D eigenvalue weighted by atomic mass is 16.2. The van der Waals surface area contributed by atoms with Crippen LogP contribution in [0.25, 0.3) is 0 Å². The smallest absolute Gasteiger partial charge is 0.239 e. The van der Waals surface area contributed by atoms with Crippen molar-refractivity contribution in [2.75, 3.05) is 20.1 Å². The first-order chi connectivity index (χ1) is 9.15. The van der Waals surface area contributed by atoms with Gasteiger partial charge in [0.15, 0.2) is 0 Å². The number of hydrogen-bond donors (Lipinski definition) is 2. The Labute approximate surface area is 115 Å². The second kappa shape index (κ2) is 6.89. The van der Waals surface area contributed by atoms with Crippen molar-refractivity contribution in [3.05, 3.63) is 0 Å². The van der Waals surface area contributed by atoms with Gasteiger partial charge < -0.3 is 15.5 Å². The average Bonchev–Trinajstić information content (AvgIpc) is 3.20. The van der Waals surface area contributed by atoms with E-state index in [2.05, 4.69) is 10.6 Å². The molecule has 1 saturated heterocycles. The van der Waals surface area contributed by atoms with E-state index in [1.165, 1.54) is 19.3 Å². The SMILES string of the molecule is CN(CC(=O)NC1CC1)C(=O)CCC1CCCCN1. The van der Waals surface area contributed by atoms with Gasteiger partial charge in [-0.1, -0.05) is 6.42 Å². The molecule has 0 aromatic carbocycles. The highest BCUT2D eigenvalue weighted by Crippen LogP contribution is 2.18. The minimum Gasteiger partial charge on any atom is -0.352 e. The van der Waals surface area contributed by atoms with E-state index in [1.807, 2.05) is 0 Å². The summed E-state index contributed by atoms with van der Waals surface area (Å²) in [6, 6.07) is 0.842.